The normalized spacial score (nSPS) is 16.9. The van der Waals surface area contributed by atoms with E-state index in [4.69, 9.17) is 9.73 Å². The van der Waals surface area contributed by atoms with Crippen LogP contribution in [0.1, 0.15) is 43.5 Å². The predicted octanol–water partition coefficient (Wildman–Crippen LogP) is 3.26. The van der Waals surface area contributed by atoms with Gasteiger partial charge in [0.05, 0.1) is 24.8 Å². The highest BCUT2D eigenvalue weighted by Crippen LogP contribution is 2.19. The van der Waals surface area contributed by atoms with E-state index in [1.54, 1.807) is 11.3 Å². The molecule has 1 aliphatic rings. The van der Waals surface area contributed by atoms with Gasteiger partial charge < -0.3 is 15.4 Å². The number of aromatic nitrogens is 1. The Morgan fingerprint density at radius 3 is 2.52 bits per heavy atom. The van der Waals surface area contributed by atoms with E-state index in [1.165, 1.54) is 17.7 Å². The van der Waals surface area contributed by atoms with Crippen LogP contribution in [0.3, 0.4) is 0 Å². The maximum atomic E-state index is 5.55. The second kappa shape index (κ2) is 13.7. The van der Waals surface area contributed by atoms with E-state index in [2.05, 4.69) is 41.3 Å². The van der Waals surface area contributed by atoms with E-state index in [0.717, 1.165) is 50.4 Å². The average molecular weight is 510 g/mol. The third-order valence-electron chi connectivity index (χ3n) is 4.99. The second-order valence-electron chi connectivity index (χ2n) is 6.71. The van der Waals surface area contributed by atoms with E-state index in [-0.39, 0.29) is 24.0 Å². The molecule has 1 atom stereocenters. The number of morpholine rings is 1. The largest absolute Gasteiger partial charge is 0.379 e. The SMILES string of the molecule is CCNC(=NCc1cnc(C)s1)NCC(C(CC)CC)N1CCOCC1.I. The standard InChI is InChI=1S/C19H35N5OS.HI/c1-5-16(6-2)18(24-8-10-25-11-9-24)14-23-19(20-7-3)22-13-17-12-21-15(4)26-17;/h12,16,18H,5-11,13-14H2,1-4H3,(H2,20,22,23);1H. The Morgan fingerprint density at radius 2 is 1.96 bits per heavy atom. The first-order chi connectivity index (χ1) is 12.7. The minimum Gasteiger partial charge on any atom is -0.379 e. The van der Waals surface area contributed by atoms with Gasteiger partial charge in [-0.2, -0.15) is 0 Å². The number of thiazole rings is 1. The van der Waals surface area contributed by atoms with Gasteiger partial charge in [-0.1, -0.05) is 26.7 Å². The summed E-state index contributed by atoms with van der Waals surface area (Å²) in [5.41, 5.74) is 0. The molecule has 0 bridgehead atoms. The molecule has 1 aromatic rings. The zero-order valence-corrected chi connectivity index (χ0v) is 20.3. The monoisotopic (exact) mass is 509 g/mol. The summed E-state index contributed by atoms with van der Waals surface area (Å²) in [6.07, 6.45) is 4.33. The van der Waals surface area contributed by atoms with Gasteiger partial charge in [-0.3, -0.25) is 4.90 Å². The minimum absolute atomic E-state index is 0. The molecule has 1 aromatic heterocycles. The Hall–Kier alpha value is -0.450. The number of guanidine groups is 1. The fourth-order valence-corrected chi connectivity index (χ4v) is 4.23. The molecule has 2 heterocycles. The number of halogens is 1. The number of hydrogen-bond acceptors (Lipinski definition) is 5. The summed E-state index contributed by atoms with van der Waals surface area (Å²) in [4.78, 5) is 12.8. The van der Waals surface area contributed by atoms with E-state index in [1.807, 2.05) is 13.1 Å². The van der Waals surface area contributed by atoms with Crippen molar-refractivity contribution >= 4 is 41.3 Å². The summed E-state index contributed by atoms with van der Waals surface area (Å²) in [5, 5.41) is 8.05. The van der Waals surface area contributed by atoms with E-state index < -0.39 is 0 Å². The molecule has 27 heavy (non-hydrogen) atoms. The van der Waals surface area contributed by atoms with Crippen molar-refractivity contribution < 1.29 is 4.74 Å². The molecule has 1 saturated heterocycles. The number of nitrogens with zero attached hydrogens (tertiary/aromatic N) is 3. The smallest absolute Gasteiger partial charge is 0.191 e. The summed E-state index contributed by atoms with van der Waals surface area (Å²) in [6.45, 7) is 14.9. The lowest BCUT2D eigenvalue weighted by Crippen LogP contribution is -2.53. The van der Waals surface area contributed by atoms with Gasteiger partial charge in [0.15, 0.2) is 5.96 Å². The lowest BCUT2D eigenvalue weighted by Gasteiger charge is -2.39. The van der Waals surface area contributed by atoms with Gasteiger partial charge >= 0.3 is 0 Å². The van der Waals surface area contributed by atoms with Gasteiger partial charge in [0.2, 0.25) is 0 Å². The van der Waals surface area contributed by atoms with Crippen molar-refractivity contribution in [1.29, 1.82) is 0 Å². The Kier molecular flexibility index (Phi) is 12.5. The van der Waals surface area contributed by atoms with Crippen molar-refractivity contribution in [3.05, 3.63) is 16.1 Å². The first-order valence-electron chi connectivity index (χ1n) is 9.93. The fourth-order valence-electron chi connectivity index (χ4n) is 3.51. The third-order valence-corrected chi connectivity index (χ3v) is 5.89. The molecule has 2 N–H and O–H groups in total. The number of aryl methyl sites for hydroxylation is 1. The Morgan fingerprint density at radius 1 is 1.26 bits per heavy atom. The molecule has 0 spiro atoms. The molecule has 1 aliphatic heterocycles. The lowest BCUT2D eigenvalue weighted by molar-refractivity contribution is 0.00272. The van der Waals surface area contributed by atoms with Gasteiger partial charge in [-0.05, 0) is 19.8 Å². The van der Waals surface area contributed by atoms with E-state index >= 15 is 0 Å². The van der Waals surface area contributed by atoms with Crippen LogP contribution in [0, 0.1) is 12.8 Å². The summed E-state index contributed by atoms with van der Waals surface area (Å²) in [5.74, 6) is 1.58. The predicted molar refractivity (Wildman–Crippen MR) is 125 cm³/mol. The Balaban J connectivity index is 0.00000364. The Labute approximate surface area is 185 Å². The number of rotatable bonds is 9. The maximum Gasteiger partial charge on any atom is 0.191 e. The average Bonchev–Trinajstić information content (AvgIpc) is 3.09. The van der Waals surface area contributed by atoms with Gasteiger partial charge in [0, 0.05) is 43.3 Å². The summed E-state index contributed by atoms with van der Waals surface area (Å²) in [6, 6.07) is 0.517. The van der Waals surface area contributed by atoms with Crippen LogP contribution in [-0.2, 0) is 11.3 Å². The van der Waals surface area contributed by atoms with Crippen molar-refractivity contribution in [3.63, 3.8) is 0 Å². The quantitative estimate of drug-likeness (QED) is 0.304. The van der Waals surface area contributed by atoms with Crippen LogP contribution in [0.2, 0.25) is 0 Å². The molecule has 6 nitrogen and oxygen atoms in total. The van der Waals surface area contributed by atoms with E-state index in [0.29, 0.717) is 18.5 Å². The van der Waals surface area contributed by atoms with Crippen molar-refractivity contribution in [1.82, 2.24) is 20.5 Å². The van der Waals surface area contributed by atoms with Gasteiger partial charge in [-0.15, -0.1) is 35.3 Å². The third kappa shape index (κ3) is 8.21. The lowest BCUT2D eigenvalue weighted by atomic mass is 9.92. The number of hydrogen-bond donors (Lipinski definition) is 2. The minimum atomic E-state index is 0. The summed E-state index contributed by atoms with van der Waals surface area (Å²) >= 11 is 1.71. The molecule has 0 aliphatic carbocycles. The van der Waals surface area contributed by atoms with Crippen molar-refractivity contribution in [2.75, 3.05) is 39.4 Å². The van der Waals surface area contributed by atoms with Crippen molar-refractivity contribution in [2.24, 2.45) is 10.9 Å². The molecule has 0 saturated carbocycles. The van der Waals surface area contributed by atoms with Crippen LogP contribution in [0.25, 0.3) is 0 Å². The number of ether oxygens (including phenoxy) is 1. The van der Waals surface area contributed by atoms with E-state index in [9.17, 15) is 0 Å². The number of nitrogens with one attached hydrogen (secondary N) is 2. The molecule has 1 fully saturated rings. The van der Waals surface area contributed by atoms with Crippen molar-refractivity contribution in [2.45, 2.75) is 53.1 Å². The van der Waals surface area contributed by atoms with Crippen molar-refractivity contribution in [3.8, 4) is 0 Å². The molecule has 0 radical (unpaired) electrons. The molecular formula is C19H36IN5OS. The highest BCUT2D eigenvalue weighted by atomic mass is 127. The van der Waals surface area contributed by atoms with Gasteiger partial charge in [0.1, 0.15) is 0 Å². The van der Waals surface area contributed by atoms with Crippen LogP contribution >= 0.6 is 35.3 Å². The molecule has 2 rings (SSSR count). The summed E-state index contributed by atoms with van der Waals surface area (Å²) in [7, 11) is 0. The zero-order valence-electron chi connectivity index (χ0n) is 17.2. The molecule has 0 amide bonds. The highest BCUT2D eigenvalue weighted by molar-refractivity contribution is 14.0. The first kappa shape index (κ1) is 24.6. The molecule has 156 valence electrons. The van der Waals surface area contributed by atoms with Crippen LogP contribution < -0.4 is 10.6 Å². The van der Waals surface area contributed by atoms with Crippen LogP contribution in [-0.4, -0.2) is 61.3 Å². The molecule has 8 heteroatoms. The molecule has 0 aromatic carbocycles. The summed E-state index contributed by atoms with van der Waals surface area (Å²) < 4.78 is 5.55. The van der Waals surface area contributed by atoms with Gasteiger partial charge in [-0.25, -0.2) is 9.98 Å². The zero-order chi connectivity index (χ0) is 18.8. The van der Waals surface area contributed by atoms with Crippen LogP contribution in [0.5, 0.6) is 0 Å². The highest BCUT2D eigenvalue weighted by Gasteiger charge is 2.26. The Bertz CT molecular complexity index is 544. The molecule has 1 unspecified atom stereocenters. The first-order valence-corrected chi connectivity index (χ1v) is 10.7. The fraction of sp³-hybridized carbons (Fsp3) is 0.789. The van der Waals surface area contributed by atoms with Crippen LogP contribution in [0.4, 0.5) is 0 Å². The molecular weight excluding hydrogens is 473 g/mol. The van der Waals surface area contributed by atoms with Gasteiger partial charge in [0.25, 0.3) is 0 Å². The number of aliphatic imine (C=N–C) groups is 1. The topological polar surface area (TPSA) is 61.8 Å². The van der Waals surface area contributed by atoms with Crippen LogP contribution in [0.15, 0.2) is 11.2 Å². The second-order valence-corrected chi connectivity index (χ2v) is 8.03. The maximum absolute atomic E-state index is 5.55.